The van der Waals surface area contributed by atoms with E-state index in [9.17, 15) is 9.59 Å². The first kappa shape index (κ1) is 14.8. The smallest absolute Gasteiger partial charge is 0.297 e. The largest absolute Gasteiger partial charge is 0.428 e. The van der Waals surface area contributed by atoms with Crippen molar-refractivity contribution in [3.63, 3.8) is 0 Å². The lowest BCUT2D eigenvalue weighted by atomic mass is 10.2. The number of hydrogen-bond donors (Lipinski definition) is 2. The molecule has 25 heavy (non-hydrogen) atoms. The molecule has 0 bridgehead atoms. The van der Waals surface area contributed by atoms with Crippen molar-refractivity contribution in [3.8, 4) is 11.5 Å². The van der Waals surface area contributed by atoms with Crippen molar-refractivity contribution < 1.29 is 9.21 Å². The first-order valence-electron chi connectivity index (χ1n) is 7.53. The van der Waals surface area contributed by atoms with Gasteiger partial charge in [-0.1, -0.05) is 36.4 Å². The summed E-state index contributed by atoms with van der Waals surface area (Å²) in [6.45, 7) is 0. The molecule has 0 radical (unpaired) electrons. The zero-order valence-corrected chi connectivity index (χ0v) is 12.9. The highest BCUT2D eigenvalue weighted by molar-refractivity contribution is 6.03. The molecule has 122 valence electrons. The predicted molar refractivity (Wildman–Crippen MR) is 92.3 cm³/mol. The van der Waals surface area contributed by atoms with E-state index < -0.39 is 5.56 Å². The second-order valence-corrected chi connectivity index (χ2v) is 5.27. The maximum absolute atomic E-state index is 12.2. The molecule has 0 aliphatic carbocycles. The van der Waals surface area contributed by atoms with Gasteiger partial charge in [0.2, 0.25) is 23.1 Å². The molecule has 7 nitrogen and oxygen atoms in total. The summed E-state index contributed by atoms with van der Waals surface area (Å²) in [5.41, 5.74) is 0.815. The second-order valence-electron chi connectivity index (χ2n) is 5.27. The molecule has 0 saturated heterocycles. The molecule has 0 atom stereocenters. The topological polar surface area (TPSA) is 101 Å². The van der Waals surface area contributed by atoms with Crippen LogP contribution < -0.4 is 10.9 Å². The molecule has 1 amide bonds. The SMILES string of the molecule is O=C(Nc1nc2nc(-c3ccccc3)oc2c(=O)[nH]1)c1ccccc1. The molecule has 2 aromatic heterocycles. The molecule has 4 rings (SSSR count). The van der Waals surface area contributed by atoms with Gasteiger partial charge in [0.25, 0.3) is 11.5 Å². The number of oxazole rings is 1. The summed E-state index contributed by atoms with van der Waals surface area (Å²) in [6.07, 6.45) is 0. The van der Waals surface area contributed by atoms with Crippen LogP contribution in [0.15, 0.2) is 69.9 Å². The van der Waals surface area contributed by atoms with Gasteiger partial charge in [-0.3, -0.25) is 19.9 Å². The minimum atomic E-state index is -0.511. The standard InChI is InChI=1S/C18H12N4O3/c23-15(11-7-3-1-4-8-11)21-18-20-14-13(16(24)22-18)25-17(19-14)12-9-5-2-6-10-12/h1-10H,(H2,20,21,22,23,24). The summed E-state index contributed by atoms with van der Waals surface area (Å²) < 4.78 is 5.50. The Morgan fingerprint density at radius 1 is 0.960 bits per heavy atom. The number of rotatable bonds is 3. The lowest BCUT2D eigenvalue weighted by molar-refractivity contribution is 0.102. The Kier molecular flexibility index (Phi) is 3.59. The molecule has 0 aliphatic rings. The van der Waals surface area contributed by atoms with Crippen LogP contribution in [-0.4, -0.2) is 20.9 Å². The third-order valence-corrected chi connectivity index (χ3v) is 3.55. The Labute approximate surface area is 141 Å². The highest BCUT2D eigenvalue weighted by Crippen LogP contribution is 2.21. The third-order valence-electron chi connectivity index (χ3n) is 3.55. The molecule has 7 heteroatoms. The van der Waals surface area contributed by atoms with Gasteiger partial charge in [-0.2, -0.15) is 9.97 Å². The van der Waals surface area contributed by atoms with Gasteiger partial charge in [0.05, 0.1) is 0 Å². The van der Waals surface area contributed by atoms with Crippen LogP contribution in [0.3, 0.4) is 0 Å². The molecule has 0 aliphatic heterocycles. The van der Waals surface area contributed by atoms with Crippen LogP contribution in [-0.2, 0) is 0 Å². The number of aromatic amines is 1. The number of nitrogens with one attached hydrogen (secondary N) is 2. The van der Waals surface area contributed by atoms with Gasteiger partial charge in [-0.05, 0) is 24.3 Å². The number of carbonyl (C=O) groups is 1. The van der Waals surface area contributed by atoms with E-state index in [0.717, 1.165) is 5.56 Å². The van der Waals surface area contributed by atoms with E-state index >= 15 is 0 Å². The number of hydrogen-bond acceptors (Lipinski definition) is 5. The molecule has 2 N–H and O–H groups in total. The van der Waals surface area contributed by atoms with E-state index in [1.54, 1.807) is 24.3 Å². The Balaban J connectivity index is 1.70. The maximum Gasteiger partial charge on any atom is 0.297 e. The summed E-state index contributed by atoms with van der Waals surface area (Å²) in [5.74, 6) is -0.0747. The first-order valence-corrected chi connectivity index (χ1v) is 7.53. The fourth-order valence-corrected chi connectivity index (χ4v) is 2.37. The highest BCUT2D eigenvalue weighted by Gasteiger charge is 2.15. The van der Waals surface area contributed by atoms with Crippen LogP contribution in [0.25, 0.3) is 22.7 Å². The van der Waals surface area contributed by atoms with E-state index in [1.165, 1.54) is 0 Å². The Bertz CT molecular complexity index is 1100. The van der Waals surface area contributed by atoms with Gasteiger partial charge >= 0.3 is 0 Å². The van der Waals surface area contributed by atoms with Crippen LogP contribution in [0.2, 0.25) is 0 Å². The molecule has 0 saturated carbocycles. The number of anilines is 1. The summed E-state index contributed by atoms with van der Waals surface area (Å²) in [4.78, 5) is 35.2. The maximum atomic E-state index is 12.2. The van der Waals surface area contributed by atoms with Crippen molar-refractivity contribution in [2.45, 2.75) is 0 Å². The molecule has 0 spiro atoms. The van der Waals surface area contributed by atoms with E-state index in [0.29, 0.717) is 11.5 Å². The van der Waals surface area contributed by atoms with Gasteiger partial charge in [0.15, 0.2) is 0 Å². The monoisotopic (exact) mass is 332 g/mol. The molecule has 0 unspecified atom stereocenters. The van der Waals surface area contributed by atoms with Crippen molar-refractivity contribution in [1.82, 2.24) is 15.0 Å². The second kappa shape index (κ2) is 6.04. The number of amides is 1. The summed E-state index contributed by atoms with van der Waals surface area (Å²) in [5, 5.41) is 2.55. The zero-order chi connectivity index (χ0) is 17.2. The Morgan fingerprint density at radius 3 is 2.36 bits per heavy atom. The number of benzene rings is 2. The number of H-pyrrole nitrogens is 1. The van der Waals surface area contributed by atoms with Crippen molar-refractivity contribution in [3.05, 3.63) is 76.6 Å². The van der Waals surface area contributed by atoms with Gasteiger partial charge in [-0.25, -0.2) is 0 Å². The van der Waals surface area contributed by atoms with Crippen LogP contribution in [0, 0.1) is 0 Å². The van der Waals surface area contributed by atoms with Crippen molar-refractivity contribution >= 4 is 23.1 Å². The average molecular weight is 332 g/mol. The number of aromatic nitrogens is 3. The molecule has 0 fully saturated rings. The number of nitrogens with zero attached hydrogens (tertiary/aromatic N) is 2. The minimum Gasteiger partial charge on any atom is -0.428 e. The van der Waals surface area contributed by atoms with E-state index in [4.69, 9.17) is 4.42 Å². The molecular formula is C18H12N4O3. The van der Waals surface area contributed by atoms with E-state index in [1.807, 2.05) is 36.4 Å². The fourth-order valence-electron chi connectivity index (χ4n) is 2.37. The quantitative estimate of drug-likeness (QED) is 0.601. The third kappa shape index (κ3) is 2.90. The highest BCUT2D eigenvalue weighted by atomic mass is 16.4. The normalized spacial score (nSPS) is 10.7. The average Bonchev–Trinajstić information content (AvgIpc) is 3.08. The Morgan fingerprint density at radius 2 is 1.64 bits per heavy atom. The number of carbonyl (C=O) groups excluding carboxylic acids is 1. The Hall–Kier alpha value is -3.74. The van der Waals surface area contributed by atoms with Crippen LogP contribution >= 0.6 is 0 Å². The molecule has 4 aromatic rings. The summed E-state index contributed by atoms with van der Waals surface area (Å²) >= 11 is 0. The van der Waals surface area contributed by atoms with E-state index in [-0.39, 0.29) is 23.1 Å². The zero-order valence-electron chi connectivity index (χ0n) is 12.9. The molecule has 2 aromatic carbocycles. The van der Waals surface area contributed by atoms with Crippen molar-refractivity contribution in [1.29, 1.82) is 0 Å². The van der Waals surface area contributed by atoms with Gasteiger partial charge in [-0.15, -0.1) is 0 Å². The van der Waals surface area contributed by atoms with Crippen molar-refractivity contribution in [2.24, 2.45) is 0 Å². The van der Waals surface area contributed by atoms with E-state index in [2.05, 4.69) is 20.3 Å². The number of fused-ring (bicyclic) bond motifs is 1. The van der Waals surface area contributed by atoms with Crippen LogP contribution in [0.1, 0.15) is 10.4 Å². The van der Waals surface area contributed by atoms with Crippen molar-refractivity contribution in [2.75, 3.05) is 5.32 Å². The van der Waals surface area contributed by atoms with Gasteiger partial charge < -0.3 is 4.42 Å². The minimum absolute atomic E-state index is 0.0107. The summed E-state index contributed by atoms with van der Waals surface area (Å²) in [7, 11) is 0. The van der Waals surface area contributed by atoms with Gasteiger partial charge in [0.1, 0.15) is 0 Å². The lowest BCUT2D eigenvalue weighted by Crippen LogP contribution is -2.18. The lowest BCUT2D eigenvalue weighted by Gasteiger charge is -2.03. The first-order chi connectivity index (χ1) is 12.2. The predicted octanol–water partition coefficient (Wildman–Crippen LogP) is 2.83. The summed E-state index contributed by atoms with van der Waals surface area (Å²) in [6, 6.07) is 17.8. The molecule has 2 heterocycles. The fraction of sp³-hybridized carbons (Fsp3) is 0. The molecular weight excluding hydrogens is 320 g/mol. The van der Waals surface area contributed by atoms with Crippen LogP contribution in [0.5, 0.6) is 0 Å². The van der Waals surface area contributed by atoms with Crippen LogP contribution in [0.4, 0.5) is 5.95 Å². The van der Waals surface area contributed by atoms with Gasteiger partial charge in [0, 0.05) is 11.1 Å².